The van der Waals surface area contributed by atoms with Gasteiger partial charge in [-0.1, -0.05) is 0 Å². The zero-order chi connectivity index (χ0) is 18.6. The highest BCUT2D eigenvalue weighted by atomic mass is 32.2. The van der Waals surface area contributed by atoms with Crippen LogP contribution in [0, 0.1) is 13.8 Å². The second kappa shape index (κ2) is 7.76. The zero-order valence-corrected chi connectivity index (χ0v) is 15.9. The molecule has 0 aliphatic rings. The van der Waals surface area contributed by atoms with Crippen LogP contribution in [0.5, 0.6) is 17.2 Å². The summed E-state index contributed by atoms with van der Waals surface area (Å²) in [4.78, 5) is 0.267. The summed E-state index contributed by atoms with van der Waals surface area (Å²) in [5.74, 6) is 1.84. The van der Waals surface area contributed by atoms with E-state index in [1.165, 1.54) is 0 Å². The molecule has 0 bridgehead atoms. The number of methoxy groups -OCH3 is 3. The Bertz CT molecular complexity index is 817. The highest BCUT2D eigenvalue weighted by molar-refractivity contribution is 7.89. The molecule has 136 valence electrons. The molecule has 6 nitrogen and oxygen atoms in total. The molecule has 0 spiro atoms. The average molecular weight is 365 g/mol. The van der Waals surface area contributed by atoms with E-state index in [0.29, 0.717) is 28.4 Å². The van der Waals surface area contributed by atoms with E-state index in [1.807, 2.05) is 0 Å². The molecule has 0 saturated heterocycles. The smallest absolute Gasteiger partial charge is 0.241 e. The van der Waals surface area contributed by atoms with Gasteiger partial charge in [-0.25, -0.2) is 13.1 Å². The van der Waals surface area contributed by atoms with Crippen molar-refractivity contribution in [2.45, 2.75) is 25.3 Å². The molecule has 2 rings (SSSR count). The molecule has 0 aliphatic heterocycles. The van der Waals surface area contributed by atoms with Crippen molar-refractivity contribution in [1.29, 1.82) is 0 Å². The Labute approximate surface area is 148 Å². The maximum Gasteiger partial charge on any atom is 0.241 e. The molecule has 0 radical (unpaired) electrons. The fourth-order valence-corrected chi connectivity index (χ4v) is 4.14. The first-order chi connectivity index (χ1) is 11.8. The molecule has 0 saturated carbocycles. The van der Waals surface area contributed by atoms with Crippen LogP contribution in [-0.2, 0) is 16.6 Å². The highest BCUT2D eigenvalue weighted by Gasteiger charge is 2.20. The minimum atomic E-state index is -3.67. The van der Waals surface area contributed by atoms with Crippen LogP contribution in [0.15, 0.2) is 35.2 Å². The second-order valence-electron chi connectivity index (χ2n) is 5.64. The van der Waals surface area contributed by atoms with Gasteiger partial charge in [-0.2, -0.15) is 0 Å². The highest BCUT2D eigenvalue weighted by Crippen LogP contribution is 2.26. The maximum absolute atomic E-state index is 12.7. The van der Waals surface area contributed by atoms with Crippen LogP contribution in [0.4, 0.5) is 0 Å². The predicted molar refractivity (Wildman–Crippen MR) is 96.0 cm³/mol. The lowest BCUT2D eigenvalue weighted by molar-refractivity contribution is 0.393. The summed E-state index contributed by atoms with van der Waals surface area (Å²) in [7, 11) is 0.978. The van der Waals surface area contributed by atoms with E-state index in [2.05, 4.69) is 4.72 Å². The van der Waals surface area contributed by atoms with Gasteiger partial charge in [0.15, 0.2) is 0 Å². The summed E-state index contributed by atoms with van der Waals surface area (Å²) in [6.45, 7) is 3.62. The number of nitrogens with one attached hydrogen (secondary N) is 1. The van der Waals surface area contributed by atoms with Gasteiger partial charge in [0.25, 0.3) is 0 Å². The van der Waals surface area contributed by atoms with Crippen molar-refractivity contribution in [2.24, 2.45) is 0 Å². The third-order valence-electron chi connectivity index (χ3n) is 3.82. The fraction of sp³-hybridized carbons (Fsp3) is 0.333. The Balaban J connectivity index is 2.29. The van der Waals surface area contributed by atoms with E-state index in [1.54, 1.807) is 65.5 Å². The minimum absolute atomic E-state index is 0.126. The van der Waals surface area contributed by atoms with Gasteiger partial charge in [-0.15, -0.1) is 0 Å². The number of benzene rings is 2. The third kappa shape index (κ3) is 4.43. The van der Waals surface area contributed by atoms with Gasteiger partial charge in [0.1, 0.15) is 17.2 Å². The minimum Gasteiger partial charge on any atom is -0.497 e. The topological polar surface area (TPSA) is 73.9 Å². The second-order valence-corrected chi connectivity index (χ2v) is 7.34. The molecule has 0 heterocycles. The van der Waals surface area contributed by atoms with Crippen molar-refractivity contribution in [3.63, 3.8) is 0 Å². The number of aryl methyl sites for hydroxylation is 2. The molecule has 0 unspecified atom stereocenters. The van der Waals surface area contributed by atoms with Gasteiger partial charge in [0.05, 0.1) is 26.2 Å². The maximum atomic E-state index is 12.7. The van der Waals surface area contributed by atoms with Crippen LogP contribution in [-0.4, -0.2) is 29.7 Å². The van der Waals surface area contributed by atoms with Gasteiger partial charge >= 0.3 is 0 Å². The lowest BCUT2D eigenvalue weighted by Gasteiger charge is -2.14. The van der Waals surface area contributed by atoms with Crippen molar-refractivity contribution in [1.82, 2.24) is 4.72 Å². The molecule has 0 aliphatic carbocycles. The molecular formula is C18H23NO5S. The first-order valence-electron chi connectivity index (χ1n) is 7.67. The number of hydrogen-bond donors (Lipinski definition) is 1. The monoisotopic (exact) mass is 365 g/mol. The van der Waals surface area contributed by atoms with Gasteiger partial charge in [-0.3, -0.25) is 0 Å². The van der Waals surface area contributed by atoms with E-state index >= 15 is 0 Å². The van der Waals surface area contributed by atoms with Crippen LogP contribution < -0.4 is 18.9 Å². The molecule has 2 aromatic rings. The van der Waals surface area contributed by atoms with E-state index < -0.39 is 10.0 Å². The summed E-state index contributed by atoms with van der Waals surface area (Å²) in [6.07, 6.45) is 0. The summed E-state index contributed by atoms with van der Waals surface area (Å²) < 4.78 is 43.7. The van der Waals surface area contributed by atoms with Gasteiger partial charge in [-0.05, 0) is 54.8 Å². The lowest BCUT2D eigenvalue weighted by atomic mass is 10.1. The zero-order valence-electron chi connectivity index (χ0n) is 15.0. The number of ether oxygens (including phenoxy) is 3. The molecule has 25 heavy (non-hydrogen) atoms. The molecule has 1 N–H and O–H groups in total. The van der Waals surface area contributed by atoms with Crippen LogP contribution in [0.1, 0.15) is 16.7 Å². The predicted octanol–water partition coefficient (Wildman–Crippen LogP) is 2.81. The summed E-state index contributed by atoms with van der Waals surface area (Å²) in [5.41, 5.74) is 2.00. The molecule has 0 fully saturated rings. The number of hydrogen-bond acceptors (Lipinski definition) is 5. The first kappa shape index (κ1) is 19.1. The van der Waals surface area contributed by atoms with Crippen LogP contribution in [0.2, 0.25) is 0 Å². The standard InChI is InChI=1S/C18H23NO5S/c1-12-6-15(22-3)7-13(2)18(12)25(20,21)19-11-14-8-16(23-4)10-17(9-14)24-5/h6-10,19H,11H2,1-5H3. The molecule has 0 aromatic heterocycles. The summed E-state index contributed by atoms with van der Waals surface area (Å²) in [5, 5.41) is 0. The molecule has 2 aromatic carbocycles. The van der Waals surface area contributed by atoms with E-state index in [-0.39, 0.29) is 11.4 Å². The number of rotatable bonds is 7. The Morgan fingerprint density at radius 2 is 1.24 bits per heavy atom. The normalized spacial score (nSPS) is 11.2. The van der Waals surface area contributed by atoms with Crippen molar-refractivity contribution >= 4 is 10.0 Å². The van der Waals surface area contributed by atoms with Gasteiger partial charge in [0, 0.05) is 12.6 Å². The SMILES string of the molecule is COc1cc(CNS(=O)(=O)c2c(C)cc(OC)cc2C)cc(OC)c1. The van der Waals surface area contributed by atoms with Crippen LogP contribution in [0.3, 0.4) is 0 Å². The Morgan fingerprint density at radius 1 is 0.800 bits per heavy atom. The summed E-state index contributed by atoms with van der Waals surface area (Å²) in [6, 6.07) is 8.67. The van der Waals surface area contributed by atoms with Crippen LogP contribution >= 0.6 is 0 Å². The Kier molecular flexibility index (Phi) is 5.92. The van der Waals surface area contributed by atoms with E-state index in [4.69, 9.17) is 14.2 Å². The van der Waals surface area contributed by atoms with Crippen molar-refractivity contribution in [2.75, 3.05) is 21.3 Å². The summed E-state index contributed by atoms with van der Waals surface area (Å²) >= 11 is 0. The largest absolute Gasteiger partial charge is 0.497 e. The third-order valence-corrected chi connectivity index (χ3v) is 5.52. The van der Waals surface area contributed by atoms with E-state index in [0.717, 1.165) is 5.56 Å². The van der Waals surface area contributed by atoms with Crippen molar-refractivity contribution < 1.29 is 22.6 Å². The molecule has 0 atom stereocenters. The van der Waals surface area contributed by atoms with Crippen LogP contribution in [0.25, 0.3) is 0 Å². The van der Waals surface area contributed by atoms with Crippen molar-refractivity contribution in [3.05, 3.63) is 47.0 Å². The number of sulfonamides is 1. The molecule has 7 heteroatoms. The lowest BCUT2D eigenvalue weighted by Crippen LogP contribution is -2.25. The Morgan fingerprint density at radius 3 is 1.68 bits per heavy atom. The quantitative estimate of drug-likeness (QED) is 0.817. The van der Waals surface area contributed by atoms with Gasteiger partial charge < -0.3 is 14.2 Å². The van der Waals surface area contributed by atoms with E-state index in [9.17, 15) is 8.42 Å². The Hall–Kier alpha value is -2.25. The van der Waals surface area contributed by atoms with Crippen molar-refractivity contribution in [3.8, 4) is 17.2 Å². The van der Waals surface area contributed by atoms with Gasteiger partial charge in [0.2, 0.25) is 10.0 Å². The molecular weight excluding hydrogens is 342 g/mol. The molecule has 0 amide bonds. The average Bonchev–Trinajstić information content (AvgIpc) is 2.58. The fourth-order valence-electron chi connectivity index (χ4n) is 2.67. The first-order valence-corrected chi connectivity index (χ1v) is 9.16.